The summed E-state index contributed by atoms with van der Waals surface area (Å²) in [4.78, 5) is 54.9. The Balaban J connectivity index is 1.79. The number of carbonyl (C=O) groups is 2. The molecule has 0 unspecified atom stereocenters. The Bertz CT molecular complexity index is 1610. The smallest absolute Gasteiger partial charge is 0.337 e. The molecule has 0 bridgehead atoms. The van der Waals surface area contributed by atoms with E-state index in [4.69, 9.17) is 0 Å². The molecule has 8 heteroatoms. The van der Waals surface area contributed by atoms with Gasteiger partial charge in [-0.2, -0.15) is 0 Å². The van der Waals surface area contributed by atoms with Crippen LogP contribution in [-0.2, 0) is 24.3 Å². The number of hydrogen-bond donors (Lipinski definition) is 0. The summed E-state index contributed by atoms with van der Waals surface area (Å²) in [5.74, 6) is -0.151. The normalized spacial score (nSPS) is 13.2. The van der Waals surface area contributed by atoms with E-state index in [-0.39, 0.29) is 17.2 Å². The SMILES string of the molecule is CC(=O)c1cccc(-n2c(=O)c3c4c(sc3n(Cc3ccc(C)cc3)c2=O)CN(C(C)=O)CC4)c1. The van der Waals surface area contributed by atoms with Gasteiger partial charge in [-0.15, -0.1) is 11.3 Å². The number of Topliss-reactive ketones (excluding diaryl/α,β-unsaturated/α-hetero) is 1. The maximum atomic E-state index is 13.8. The van der Waals surface area contributed by atoms with E-state index >= 15 is 0 Å². The molecular formula is C27H25N3O4S. The molecule has 4 aromatic rings. The van der Waals surface area contributed by atoms with Crippen LogP contribution in [0.5, 0.6) is 0 Å². The zero-order valence-corrected chi connectivity index (χ0v) is 20.6. The van der Waals surface area contributed by atoms with Crippen LogP contribution in [0.4, 0.5) is 0 Å². The first-order valence-electron chi connectivity index (χ1n) is 11.5. The Morgan fingerprint density at radius 1 is 1.03 bits per heavy atom. The van der Waals surface area contributed by atoms with Gasteiger partial charge in [-0.05, 0) is 43.5 Å². The lowest BCUT2D eigenvalue weighted by Crippen LogP contribution is -2.39. The van der Waals surface area contributed by atoms with Gasteiger partial charge in [-0.25, -0.2) is 9.36 Å². The van der Waals surface area contributed by atoms with Crippen molar-refractivity contribution in [2.24, 2.45) is 0 Å². The highest BCUT2D eigenvalue weighted by atomic mass is 32.1. The third-order valence-corrected chi connectivity index (χ3v) is 7.78. The Morgan fingerprint density at radius 3 is 2.46 bits per heavy atom. The van der Waals surface area contributed by atoms with E-state index in [9.17, 15) is 19.2 Å². The van der Waals surface area contributed by atoms with Crippen LogP contribution in [0, 0.1) is 6.92 Å². The monoisotopic (exact) mass is 487 g/mol. The number of rotatable bonds is 4. The molecule has 0 aliphatic carbocycles. The van der Waals surface area contributed by atoms with Crippen molar-refractivity contribution in [3.63, 3.8) is 0 Å². The lowest BCUT2D eigenvalue weighted by Gasteiger charge is -2.25. The number of nitrogens with zero attached hydrogens (tertiary/aromatic N) is 3. The van der Waals surface area contributed by atoms with Gasteiger partial charge in [0.1, 0.15) is 4.83 Å². The number of carbonyl (C=O) groups excluding carboxylic acids is 2. The van der Waals surface area contributed by atoms with Gasteiger partial charge in [0.25, 0.3) is 5.56 Å². The van der Waals surface area contributed by atoms with Crippen molar-refractivity contribution in [3.05, 3.63) is 96.5 Å². The summed E-state index contributed by atoms with van der Waals surface area (Å²) in [5.41, 5.74) is 2.93. The predicted octanol–water partition coefficient (Wildman–Crippen LogP) is 3.68. The third kappa shape index (κ3) is 4.04. The average Bonchev–Trinajstić information content (AvgIpc) is 3.22. The molecule has 3 heterocycles. The lowest BCUT2D eigenvalue weighted by atomic mass is 10.1. The molecule has 0 atom stereocenters. The second kappa shape index (κ2) is 8.78. The molecule has 1 aliphatic heterocycles. The Morgan fingerprint density at radius 2 is 1.77 bits per heavy atom. The number of amides is 1. The van der Waals surface area contributed by atoms with E-state index in [1.807, 2.05) is 31.2 Å². The fourth-order valence-corrected chi connectivity index (χ4v) is 5.93. The van der Waals surface area contributed by atoms with Gasteiger partial charge in [-0.1, -0.05) is 42.0 Å². The highest BCUT2D eigenvalue weighted by Gasteiger charge is 2.27. The van der Waals surface area contributed by atoms with E-state index in [2.05, 4.69) is 0 Å². The Hall–Kier alpha value is -3.78. The summed E-state index contributed by atoms with van der Waals surface area (Å²) in [5, 5.41) is 0.521. The van der Waals surface area contributed by atoms with Crippen LogP contribution in [0.15, 0.2) is 58.1 Å². The van der Waals surface area contributed by atoms with Gasteiger partial charge >= 0.3 is 5.69 Å². The van der Waals surface area contributed by atoms with Gasteiger partial charge < -0.3 is 4.90 Å². The van der Waals surface area contributed by atoms with Crippen LogP contribution in [0.25, 0.3) is 15.9 Å². The van der Waals surface area contributed by atoms with Gasteiger partial charge in [0.15, 0.2) is 5.78 Å². The van der Waals surface area contributed by atoms with Crippen molar-refractivity contribution in [1.82, 2.24) is 14.0 Å². The summed E-state index contributed by atoms with van der Waals surface area (Å²) < 4.78 is 2.82. The number of thiophene rings is 1. The molecule has 0 saturated heterocycles. The maximum absolute atomic E-state index is 13.8. The summed E-state index contributed by atoms with van der Waals surface area (Å²) in [6.45, 7) is 6.27. The number of ketones is 1. The maximum Gasteiger partial charge on any atom is 0.337 e. The topological polar surface area (TPSA) is 81.4 Å². The molecule has 1 aliphatic rings. The summed E-state index contributed by atoms with van der Waals surface area (Å²) >= 11 is 1.41. The molecule has 0 N–H and O–H groups in total. The number of benzene rings is 2. The molecule has 178 valence electrons. The van der Waals surface area contributed by atoms with Gasteiger partial charge in [0.2, 0.25) is 5.91 Å². The third-order valence-electron chi connectivity index (χ3n) is 6.54. The second-order valence-corrected chi connectivity index (χ2v) is 10.1. The molecule has 7 nitrogen and oxygen atoms in total. The Labute approximate surface area is 205 Å². The van der Waals surface area contributed by atoms with Crippen molar-refractivity contribution in [2.75, 3.05) is 6.54 Å². The fraction of sp³-hybridized carbons (Fsp3) is 0.259. The Kier molecular flexibility index (Phi) is 5.76. The van der Waals surface area contributed by atoms with Crippen molar-refractivity contribution in [2.45, 2.75) is 40.3 Å². The molecule has 35 heavy (non-hydrogen) atoms. The van der Waals surface area contributed by atoms with Crippen LogP contribution < -0.4 is 11.2 Å². The summed E-state index contributed by atoms with van der Waals surface area (Å²) in [7, 11) is 0. The van der Waals surface area contributed by atoms with E-state index in [0.29, 0.717) is 47.5 Å². The molecule has 0 fully saturated rings. The lowest BCUT2D eigenvalue weighted by molar-refractivity contribution is -0.129. The molecule has 1 amide bonds. The van der Waals surface area contributed by atoms with Crippen molar-refractivity contribution in [3.8, 4) is 5.69 Å². The molecule has 0 spiro atoms. The molecule has 5 rings (SSSR count). The molecule has 2 aromatic heterocycles. The van der Waals surface area contributed by atoms with Crippen LogP contribution in [0.3, 0.4) is 0 Å². The van der Waals surface area contributed by atoms with Crippen molar-refractivity contribution < 1.29 is 9.59 Å². The largest absolute Gasteiger partial charge is 0.337 e. The number of hydrogen-bond acceptors (Lipinski definition) is 5. The molecule has 2 aromatic carbocycles. The van der Waals surface area contributed by atoms with Crippen LogP contribution >= 0.6 is 11.3 Å². The quantitative estimate of drug-likeness (QED) is 0.411. The van der Waals surface area contributed by atoms with Gasteiger partial charge in [-0.3, -0.25) is 19.0 Å². The second-order valence-electron chi connectivity index (χ2n) is 8.98. The summed E-state index contributed by atoms with van der Waals surface area (Å²) in [6, 6.07) is 14.6. The van der Waals surface area contributed by atoms with E-state index in [1.165, 1.54) is 22.8 Å². The average molecular weight is 488 g/mol. The van der Waals surface area contributed by atoms with Crippen LogP contribution in [0.1, 0.15) is 45.8 Å². The zero-order chi connectivity index (χ0) is 24.9. The fourth-order valence-electron chi connectivity index (χ4n) is 4.58. The first-order chi connectivity index (χ1) is 16.7. The van der Waals surface area contributed by atoms with E-state index < -0.39 is 5.69 Å². The molecule has 0 saturated carbocycles. The molecule has 0 radical (unpaired) electrons. The van der Waals surface area contributed by atoms with Gasteiger partial charge in [0, 0.05) is 23.9 Å². The standard InChI is InChI=1S/C27H25N3O4S/c1-16-7-9-19(10-8-16)14-29-26-24(22-11-12-28(18(3)32)15-23(22)35-26)25(33)30(27(29)34)21-6-4-5-20(13-21)17(2)31/h4-10,13H,11-12,14-15H2,1-3H3. The number of fused-ring (bicyclic) bond motifs is 3. The summed E-state index contributed by atoms with van der Waals surface area (Å²) in [6.07, 6.45) is 0.556. The first-order valence-corrected chi connectivity index (χ1v) is 12.3. The highest BCUT2D eigenvalue weighted by Crippen LogP contribution is 2.33. The first kappa shape index (κ1) is 23.0. The van der Waals surface area contributed by atoms with Gasteiger partial charge in [0.05, 0.1) is 24.2 Å². The van der Waals surface area contributed by atoms with Crippen molar-refractivity contribution >= 4 is 33.2 Å². The van der Waals surface area contributed by atoms with Crippen LogP contribution in [0.2, 0.25) is 0 Å². The molecular weight excluding hydrogens is 462 g/mol. The minimum Gasteiger partial charge on any atom is -0.337 e. The predicted molar refractivity (Wildman–Crippen MR) is 137 cm³/mol. The van der Waals surface area contributed by atoms with Crippen molar-refractivity contribution in [1.29, 1.82) is 0 Å². The van der Waals surface area contributed by atoms with Crippen LogP contribution in [-0.4, -0.2) is 32.3 Å². The van der Waals surface area contributed by atoms with E-state index in [1.54, 1.807) is 40.7 Å². The highest BCUT2D eigenvalue weighted by molar-refractivity contribution is 7.18. The zero-order valence-electron chi connectivity index (χ0n) is 19.8. The minimum atomic E-state index is -0.453. The minimum absolute atomic E-state index is 0.0105. The van der Waals surface area contributed by atoms with E-state index in [0.717, 1.165) is 21.6 Å². The number of aryl methyl sites for hydroxylation is 1. The number of aromatic nitrogens is 2.